The lowest BCUT2D eigenvalue weighted by Gasteiger charge is -2.47. The van der Waals surface area contributed by atoms with Crippen LogP contribution in [0.3, 0.4) is 0 Å². The molecule has 1 heterocycles. The molecule has 1 aromatic carbocycles. The van der Waals surface area contributed by atoms with Gasteiger partial charge in [0.15, 0.2) is 11.3 Å². The van der Waals surface area contributed by atoms with Gasteiger partial charge in [-0.3, -0.25) is 4.90 Å². The summed E-state index contributed by atoms with van der Waals surface area (Å²) in [5.41, 5.74) is -2.46. The maximum atomic E-state index is 13.1. The number of esters is 1. The Morgan fingerprint density at radius 1 is 1.19 bits per heavy atom. The number of cyclic esters (lactones) is 1. The number of carbonyl (C=O) groups is 2. The van der Waals surface area contributed by atoms with E-state index < -0.39 is 28.7 Å². The molecule has 5 nitrogen and oxygen atoms in total. The van der Waals surface area contributed by atoms with Gasteiger partial charge in [0.2, 0.25) is 0 Å². The molecule has 0 radical (unpaired) electrons. The molecular weight excluding hydrogens is 330 g/mol. The third kappa shape index (κ3) is 3.02. The van der Waals surface area contributed by atoms with Gasteiger partial charge in [0.25, 0.3) is 0 Å². The molecule has 0 aromatic heterocycles. The standard InChI is InChI=1S/C21H27NO4/c1-6-13-20(15-16-11-9-8-10-12-16)17(23)26-21(14-7-2,19(3,4)5)22(20)18(24)25/h6-12H,1-2,13-15H2,3-5H3,(H,24,25)/t20-,21-/m0/s1. The number of ether oxygens (including phenoxy) is 1. The smallest absolute Gasteiger partial charge is 0.411 e. The van der Waals surface area contributed by atoms with Gasteiger partial charge in [-0.05, 0) is 12.0 Å². The zero-order chi connectivity index (χ0) is 19.6. The second-order valence-electron chi connectivity index (χ2n) is 7.72. The lowest BCUT2D eigenvalue weighted by atomic mass is 9.77. The third-order valence-corrected chi connectivity index (χ3v) is 5.04. The molecule has 26 heavy (non-hydrogen) atoms. The van der Waals surface area contributed by atoms with Crippen molar-refractivity contribution in [3.8, 4) is 0 Å². The zero-order valence-electron chi connectivity index (χ0n) is 15.7. The molecule has 1 aliphatic rings. The van der Waals surface area contributed by atoms with E-state index in [0.717, 1.165) is 5.56 Å². The number of rotatable bonds is 6. The van der Waals surface area contributed by atoms with Crippen LogP contribution in [0.4, 0.5) is 4.79 Å². The van der Waals surface area contributed by atoms with Gasteiger partial charge in [0, 0.05) is 18.3 Å². The van der Waals surface area contributed by atoms with E-state index in [2.05, 4.69) is 13.2 Å². The molecular formula is C21H27NO4. The second kappa shape index (κ2) is 6.98. The fourth-order valence-corrected chi connectivity index (χ4v) is 3.76. The lowest BCUT2D eigenvalue weighted by molar-refractivity contribution is -0.171. The largest absolute Gasteiger partial charge is 0.465 e. The predicted molar refractivity (Wildman–Crippen MR) is 101 cm³/mol. The van der Waals surface area contributed by atoms with Crippen LogP contribution in [-0.2, 0) is 16.0 Å². The van der Waals surface area contributed by atoms with E-state index in [1.165, 1.54) is 4.90 Å². The lowest BCUT2D eigenvalue weighted by Crippen LogP contribution is -2.63. The van der Waals surface area contributed by atoms with E-state index in [9.17, 15) is 14.7 Å². The fourth-order valence-electron chi connectivity index (χ4n) is 3.76. The first-order chi connectivity index (χ1) is 12.1. The number of benzene rings is 1. The molecule has 0 unspecified atom stereocenters. The van der Waals surface area contributed by atoms with E-state index in [1.54, 1.807) is 12.2 Å². The van der Waals surface area contributed by atoms with E-state index in [1.807, 2.05) is 51.1 Å². The summed E-state index contributed by atoms with van der Waals surface area (Å²) < 4.78 is 5.86. The first-order valence-corrected chi connectivity index (χ1v) is 8.67. The van der Waals surface area contributed by atoms with Crippen LogP contribution in [0.1, 0.15) is 39.2 Å². The fraction of sp³-hybridized carbons (Fsp3) is 0.429. The number of nitrogens with zero attached hydrogens (tertiary/aromatic N) is 1. The van der Waals surface area contributed by atoms with Crippen molar-refractivity contribution >= 4 is 12.1 Å². The number of hydrogen-bond acceptors (Lipinski definition) is 3. The quantitative estimate of drug-likeness (QED) is 0.605. The van der Waals surface area contributed by atoms with Crippen LogP contribution < -0.4 is 0 Å². The topological polar surface area (TPSA) is 66.8 Å². The molecule has 5 heteroatoms. The van der Waals surface area contributed by atoms with Crippen molar-refractivity contribution in [1.29, 1.82) is 0 Å². The summed E-state index contributed by atoms with van der Waals surface area (Å²) in [6.07, 6.45) is 2.59. The molecule has 1 aliphatic heterocycles. The number of carboxylic acid groups (broad SMARTS) is 1. The predicted octanol–water partition coefficient (Wildman–Crippen LogP) is 4.40. The molecule has 1 aromatic rings. The van der Waals surface area contributed by atoms with Crippen LogP contribution in [0.2, 0.25) is 0 Å². The van der Waals surface area contributed by atoms with Crippen LogP contribution in [-0.4, -0.2) is 33.3 Å². The van der Waals surface area contributed by atoms with Crippen molar-refractivity contribution in [2.24, 2.45) is 5.41 Å². The molecule has 140 valence electrons. The summed E-state index contributed by atoms with van der Waals surface area (Å²) in [7, 11) is 0. The Morgan fingerprint density at radius 3 is 2.23 bits per heavy atom. The molecule has 2 rings (SSSR count). The molecule has 1 N–H and O–H groups in total. The molecule has 0 aliphatic carbocycles. The highest BCUT2D eigenvalue weighted by Gasteiger charge is 2.67. The Labute approximate surface area is 155 Å². The normalized spacial score (nSPS) is 25.7. The van der Waals surface area contributed by atoms with Gasteiger partial charge >= 0.3 is 12.1 Å². The molecule has 0 spiro atoms. The van der Waals surface area contributed by atoms with Crippen LogP contribution in [0.15, 0.2) is 55.6 Å². The Bertz CT molecular complexity index is 706. The van der Waals surface area contributed by atoms with Gasteiger partial charge in [-0.2, -0.15) is 0 Å². The maximum absolute atomic E-state index is 13.1. The van der Waals surface area contributed by atoms with E-state index in [0.29, 0.717) is 0 Å². The summed E-state index contributed by atoms with van der Waals surface area (Å²) in [4.78, 5) is 26.7. The van der Waals surface area contributed by atoms with Crippen molar-refractivity contribution in [1.82, 2.24) is 4.90 Å². The van der Waals surface area contributed by atoms with Gasteiger partial charge in [0.1, 0.15) is 0 Å². The van der Waals surface area contributed by atoms with E-state index in [-0.39, 0.29) is 19.3 Å². The third-order valence-electron chi connectivity index (χ3n) is 5.04. The Kier molecular flexibility index (Phi) is 5.31. The minimum absolute atomic E-state index is 0.169. The van der Waals surface area contributed by atoms with E-state index in [4.69, 9.17) is 4.74 Å². The first kappa shape index (κ1) is 19.8. The second-order valence-corrected chi connectivity index (χ2v) is 7.72. The van der Waals surface area contributed by atoms with Gasteiger partial charge in [-0.1, -0.05) is 63.3 Å². The van der Waals surface area contributed by atoms with Gasteiger partial charge < -0.3 is 9.84 Å². The minimum atomic E-state index is -1.36. The summed E-state index contributed by atoms with van der Waals surface area (Å²) in [6, 6.07) is 9.36. The minimum Gasteiger partial charge on any atom is -0.465 e. The van der Waals surface area contributed by atoms with Gasteiger partial charge in [-0.25, -0.2) is 9.59 Å². The highest BCUT2D eigenvalue weighted by atomic mass is 16.6. The zero-order valence-corrected chi connectivity index (χ0v) is 15.7. The Balaban J connectivity index is 2.69. The van der Waals surface area contributed by atoms with E-state index >= 15 is 0 Å². The van der Waals surface area contributed by atoms with Crippen molar-refractivity contribution in [3.05, 3.63) is 61.2 Å². The summed E-state index contributed by atoms with van der Waals surface area (Å²) in [5, 5.41) is 10.1. The monoisotopic (exact) mass is 357 g/mol. The van der Waals surface area contributed by atoms with Crippen molar-refractivity contribution in [3.63, 3.8) is 0 Å². The number of amides is 1. The van der Waals surface area contributed by atoms with Crippen LogP contribution in [0, 0.1) is 5.41 Å². The van der Waals surface area contributed by atoms with Crippen LogP contribution in [0.5, 0.6) is 0 Å². The van der Waals surface area contributed by atoms with Crippen molar-refractivity contribution in [2.45, 2.75) is 51.3 Å². The average molecular weight is 357 g/mol. The molecule has 2 atom stereocenters. The van der Waals surface area contributed by atoms with Gasteiger partial charge in [-0.15, -0.1) is 13.2 Å². The molecule has 0 bridgehead atoms. The maximum Gasteiger partial charge on any atom is 0.411 e. The average Bonchev–Trinajstić information content (AvgIpc) is 2.78. The van der Waals surface area contributed by atoms with Gasteiger partial charge in [0.05, 0.1) is 0 Å². The molecule has 1 fully saturated rings. The first-order valence-electron chi connectivity index (χ1n) is 8.67. The molecule has 1 amide bonds. The molecule has 1 saturated heterocycles. The van der Waals surface area contributed by atoms with Crippen LogP contribution in [0.25, 0.3) is 0 Å². The summed E-state index contributed by atoms with van der Waals surface area (Å²) in [5.74, 6) is -0.541. The number of carbonyl (C=O) groups excluding carboxylic acids is 1. The SMILES string of the molecule is C=CC[C@]1(Cc2ccccc2)C(=O)O[C@@](CC=C)(C(C)(C)C)N1C(=O)O. The number of hydrogen-bond donors (Lipinski definition) is 1. The summed E-state index contributed by atoms with van der Waals surface area (Å²) >= 11 is 0. The molecule has 0 saturated carbocycles. The Hall–Kier alpha value is -2.56. The van der Waals surface area contributed by atoms with Crippen molar-refractivity contribution < 1.29 is 19.4 Å². The van der Waals surface area contributed by atoms with Crippen LogP contribution >= 0.6 is 0 Å². The van der Waals surface area contributed by atoms with Crippen molar-refractivity contribution in [2.75, 3.05) is 0 Å². The highest BCUT2D eigenvalue weighted by molar-refractivity contribution is 5.90. The Morgan fingerprint density at radius 2 is 1.77 bits per heavy atom. The highest BCUT2D eigenvalue weighted by Crippen LogP contribution is 2.51. The summed E-state index contributed by atoms with van der Waals surface area (Å²) in [6.45, 7) is 13.1.